The Balaban J connectivity index is 1.55. The summed E-state index contributed by atoms with van der Waals surface area (Å²) >= 11 is 0. The minimum atomic E-state index is -0.124. The lowest BCUT2D eigenvalue weighted by atomic mass is 9.90. The molecule has 2 aromatic carbocycles. The number of methoxy groups -OCH3 is 1. The van der Waals surface area contributed by atoms with Crippen molar-refractivity contribution in [1.29, 1.82) is 0 Å². The first-order valence-electron chi connectivity index (χ1n) is 11.7. The van der Waals surface area contributed by atoms with E-state index >= 15 is 0 Å². The monoisotopic (exact) mass is 441 g/mol. The zero-order chi connectivity index (χ0) is 22.8. The summed E-state index contributed by atoms with van der Waals surface area (Å²) in [5.41, 5.74) is 13.2. The van der Waals surface area contributed by atoms with Gasteiger partial charge in [0.2, 0.25) is 0 Å². The van der Waals surface area contributed by atoms with E-state index in [0.29, 0.717) is 6.54 Å². The highest BCUT2D eigenvalue weighted by Gasteiger charge is 2.29. The van der Waals surface area contributed by atoms with Crippen LogP contribution in [-0.2, 0) is 19.5 Å². The second-order valence-corrected chi connectivity index (χ2v) is 8.88. The van der Waals surface area contributed by atoms with E-state index in [-0.39, 0.29) is 12.1 Å². The number of aromatic nitrogens is 3. The van der Waals surface area contributed by atoms with Crippen LogP contribution in [0.2, 0.25) is 0 Å². The molecule has 0 amide bonds. The summed E-state index contributed by atoms with van der Waals surface area (Å²) in [7, 11) is 1.71. The molecule has 3 N–H and O–H groups in total. The van der Waals surface area contributed by atoms with Crippen LogP contribution in [-0.4, -0.2) is 27.0 Å². The molecule has 2 heterocycles. The van der Waals surface area contributed by atoms with Gasteiger partial charge in [0.1, 0.15) is 11.6 Å². The zero-order valence-corrected chi connectivity index (χ0v) is 19.3. The number of rotatable bonds is 7. The highest BCUT2D eigenvalue weighted by molar-refractivity contribution is 5.74. The van der Waals surface area contributed by atoms with E-state index in [1.807, 2.05) is 49.5 Å². The third kappa shape index (κ3) is 4.36. The fraction of sp³-hybridized carbons (Fsp3) is 0.333. The summed E-state index contributed by atoms with van der Waals surface area (Å²) in [5, 5.41) is 0. The number of pyridine rings is 1. The standard InChI is InChI=1S/C27H31N5O/c1-18(28)26-20(9-6-14-24(26)33-2)16-32(17-25-30-21-11-3-4-12-22(21)31-25)23-13-5-8-19-10-7-15-29-27(19)23/h3-4,6-7,9-12,14-15,18,23H,5,8,13,16-17,28H2,1-2H3,(H,30,31). The van der Waals surface area contributed by atoms with Crippen LogP contribution in [0.3, 0.4) is 0 Å². The largest absolute Gasteiger partial charge is 0.496 e. The van der Waals surface area contributed by atoms with Crippen molar-refractivity contribution >= 4 is 11.0 Å². The van der Waals surface area contributed by atoms with Crippen molar-refractivity contribution in [2.45, 2.75) is 51.4 Å². The van der Waals surface area contributed by atoms with Crippen LogP contribution in [0.25, 0.3) is 11.0 Å². The first-order chi connectivity index (χ1) is 16.1. The third-order valence-corrected chi connectivity index (χ3v) is 6.60. The van der Waals surface area contributed by atoms with Gasteiger partial charge in [-0.2, -0.15) is 0 Å². The first-order valence-corrected chi connectivity index (χ1v) is 11.7. The molecule has 0 aliphatic heterocycles. The molecular formula is C27H31N5O. The van der Waals surface area contributed by atoms with Gasteiger partial charge in [0, 0.05) is 24.3 Å². The number of fused-ring (bicyclic) bond motifs is 2. The molecule has 33 heavy (non-hydrogen) atoms. The van der Waals surface area contributed by atoms with Crippen molar-refractivity contribution in [2.75, 3.05) is 7.11 Å². The number of ether oxygens (including phenoxy) is 1. The number of nitrogens with one attached hydrogen (secondary N) is 1. The summed E-state index contributed by atoms with van der Waals surface area (Å²) in [6, 6.07) is 18.7. The predicted molar refractivity (Wildman–Crippen MR) is 131 cm³/mol. The molecule has 1 aliphatic carbocycles. The van der Waals surface area contributed by atoms with Gasteiger partial charge >= 0.3 is 0 Å². The average molecular weight is 442 g/mol. The average Bonchev–Trinajstić information content (AvgIpc) is 3.25. The summed E-state index contributed by atoms with van der Waals surface area (Å²) in [6.45, 7) is 3.46. The van der Waals surface area contributed by atoms with Crippen LogP contribution >= 0.6 is 0 Å². The SMILES string of the molecule is COc1cccc(CN(Cc2nc3ccccc3[nH]2)C2CCCc3cccnc32)c1C(C)N. The van der Waals surface area contributed by atoms with Crippen molar-refractivity contribution in [1.82, 2.24) is 19.9 Å². The van der Waals surface area contributed by atoms with E-state index in [1.54, 1.807) is 7.11 Å². The van der Waals surface area contributed by atoms with Crippen molar-refractivity contribution in [3.05, 3.63) is 89.0 Å². The number of nitrogens with zero attached hydrogens (tertiary/aromatic N) is 3. The number of nitrogens with two attached hydrogens (primary N) is 1. The van der Waals surface area contributed by atoms with E-state index in [2.05, 4.69) is 28.1 Å². The molecule has 2 unspecified atom stereocenters. The Morgan fingerprint density at radius 1 is 1.12 bits per heavy atom. The van der Waals surface area contributed by atoms with Gasteiger partial charge in [-0.05, 0) is 61.6 Å². The van der Waals surface area contributed by atoms with E-state index in [1.165, 1.54) is 16.8 Å². The first kappa shape index (κ1) is 21.6. The van der Waals surface area contributed by atoms with E-state index in [0.717, 1.165) is 54.0 Å². The number of benzene rings is 2. The minimum Gasteiger partial charge on any atom is -0.496 e. The van der Waals surface area contributed by atoms with Crippen LogP contribution in [0.5, 0.6) is 5.75 Å². The molecule has 0 saturated carbocycles. The van der Waals surface area contributed by atoms with Crippen LogP contribution in [0.15, 0.2) is 60.8 Å². The smallest absolute Gasteiger partial charge is 0.123 e. The van der Waals surface area contributed by atoms with Crippen LogP contribution in [0.1, 0.15) is 60.1 Å². The molecule has 6 heteroatoms. The molecule has 5 rings (SSSR count). The molecule has 6 nitrogen and oxygen atoms in total. The number of hydrogen-bond donors (Lipinski definition) is 2. The van der Waals surface area contributed by atoms with Crippen molar-refractivity contribution in [3.63, 3.8) is 0 Å². The Hall–Kier alpha value is -3.22. The fourth-order valence-electron chi connectivity index (χ4n) is 5.13. The third-order valence-electron chi connectivity index (χ3n) is 6.60. The van der Waals surface area contributed by atoms with E-state index < -0.39 is 0 Å². The van der Waals surface area contributed by atoms with Crippen molar-refractivity contribution < 1.29 is 4.74 Å². The quantitative estimate of drug-likeness (QED) is 0.419. The Kier molecular flexibility index (Phi) is 6.11. The number of hydrogen-bond acceptors (Lipinski definition) is 5. The molecule has 0 radical (unpaired) electrons. The maximum Gasteiger partial charge on any atom is 0.123 e. The van der Waals surface area contributed by atoms with Gasteiger partial charge in [0.25, 0.3) is 0 Å². The van der Waals surface area contributed by atoms with Crippen LogP contribution in [0.4, 0.5) is 0 Å². The highest BCUT2D eigenvalue weighted by atomic mass is 16.5. The Bertz CT molecular complexity index is 1220. The molecule has 4 aromatic rings. The maximum atomic E-state index is 6.40. The molecule has 1 aliphatic rings. The molecule has 0 bridgehead atoms. The Morgan fingerprint density at radius 2 is 2.00 bits per heavy atom. The van der Waals surface area contributed by atoms with Gasteiger partial charge in [-0.1, -0.05) is 30.3 Å². The lowest BCUT2D eigenvalue weighted by Gasteiger charge is -2.35. The van der Waals surface area contributed by atoms with Gasteiger partial charge < -0.3 is 15.5 Å². The van der Waals surface area contributed by atoms with Crippen LogP contribution in [0, 0.1) is 0 Å². The van der Waals surface area contributed by atoms with Crippen LogP contribution < -0.4 is 10.5 Å². The normalized spacial score (nSPS) is 16.7. The molecule has 170 valence electrons. The summed E-state index contributed by atoms with van der Waals surface area (Å²) in [6.07, 6.45) is 5.22. The number of imidazole rings is 1. The maximum absolute atomic E-state index is 6.40. The molecule has 0 spiro atoms. The van der Waals surface area contributed by atoms with Gasteiger partial charge in [-0.3, -0.25) is 9.88 Å². The topological polar surface area (TPSA) is 80.1 Å². The summed E-state index contributed by atoms with van der Waals surface area (Å²) in [5.74, 6) is 1.80. The Labute approximate surface area is 194 Å². The summed E-state index contributed by atoms with van der Waals surface area (Å²) < 4.78 is 5.66. The van der Waals surface area contributed by atoms with Gasteiger partial charge in [-0.25, -0.2) is 4.98 Å². The molecule has 2 aromatic heterocycles. The zero-order valence-electron chi connectivity index (χ0n) is 19.3. The van der Waals surface area contributed by atoms with E-state index in [4.69, 9.17) is 20.4 Å². The molecule has 2 atom stereocenters. The van der Waals surface area contributed by atoms with Crippen molar-refractivity contribution in [3.8, 4) is 5.75 Å². The Morgan fingerprint density at radius 3 is 2.82 bits per heavy atom. The lowest BCUT2D eigenvalue weighted by Crippen LogP contribution is -2.32. The molecule has 0 saturated heterocycles. The lowest BCUT2D eigenvalue weighted by molar-refractivity contribution is 0.153. The second-order valence-electron chi connectivity index (χ2n) is 8.88. The number of para-hydroxylation sites is 2. The highest BCUT2D eigenvalue weighted by Crippen LogP contribution is 2.36. The second kappa shape index (κ2) is 9.33. The van der Waals surface area contributed by atoms with Gasteiger partial charge in [-0.15, -0.1) is 0 Å². The van der Waals surface area contributed by atoms with Gasteiger partial charge in [0.15, 0.2) is 0 Å². The fourth-order valence-corrected chi connectivity index (χ4v) is 5.13. The predicted octanol–water partition coefficient (Wildman–Crippen LogP) is 5.07. The van der Waals surface area contributed by atoms with E-state index in [9.17, 15) is 0 Å². The number of aromatic amines is 1. The molecule has 0 fully saturated rings. The summed E-state index contributed by atoms with van der Waals surface area (Å²) in [4.78, 5) is 15.7. The number of H-pyrrole nitrogens is 1. The minimum absolute atomic E-state index is 0.124. The van der Waals surface area contributed by atoms with Crippen molar-refractivity contribution in [2.24, 2.45) is 5.73 Å². The molecular weight excluding hydrogens is 410 g/mol. The van der Waals surface area contributed by atoms with Gasteiger partial charge in [0.05, 0.1) is 36.4 Å². The number of aryl methyl sites for hydroxylation is 1.